The predicted molar refractivity (Wildman–Crippen MR) is 96.5 cm³/mol. The predicted octanol–water partition coefficient (Wildman–Crippen LogP) is 1.03. The van der Waals surface area contributed by atoms with Crippen LogP contribution in [0, 0.1) is 0 Å². The topological polar surface area (TPSA) is 96.6 Å². The number of ether oxygens (including phenoxy) is 5. The number of benzene rings is 1. The van der Waals surface area contributed by atoms with Crippen LogP contribution in [0.25, 0.3) is 0 Å². The van der Waals surface area contributed by atoms with Gasteiger partial charge in [-0.15, -0.1) is 0 Å². The Kier molecular flexibility index (Phi) is 6.18. The van der Waals surface area contributed by atoms with E-state index in [0.29, 0.717) is 50.4 Å². The number of aliphatic imine (C=N–C) groups is 1. The molecule has 2 aliphatic rings. The first-order valence-corrected chi connectivity index (χ1v) is 8.78. The molecule has 0 radical (unpaired) electrons. The fraction of sp³-hybridized carbons (Fsp3) is 0.611. The molecule has 1 aromatic carbocycles. The van der Waals surface area contributed by atoms with Crippen LogP contribution in [0.2, 0.25) is 0 Å². The minimum Gasteiger partial charge on any atom is -0.493 e. The van der Waals surface area contributed by atoms with Crippen LogP contribution < -0.4 is 20.5 Å². The number of hydrogen-bond donors (Lipinski definition) is 2. The molecule has 0 aromatic heterocycles. The lowest BCUT2D eigenvalue weighted by Gasteiger charge is -2.31. The molecule has 1 spiro atoms. The molecule has 2 fully saturated rings. The number of nitrogens with zero attached hydrogens (tertiary/aromatic N) is 1. The van der Waals surface area contributed by atoms with E-state index in [0.717, 1.165) is 18.4 Å². The lowest BCUT2D eigenvalue weighted by molar-refractivity contribution is -0.210. The highest BCUT2D eigenvalue weighted by molar-refractivity contribution is 5.77. The summed E-state index contributed by atoms with van der Waals surface area (Å²) in [5.41, 5.74) is 6.94. The Bertz CT molecular complexity index is 631. The molecule has 3 N–H and O–H groups in total. The van der Waals surface area contributed by atoms with E-state index in [9.17, 15) is 0 Å². The van der Waals surface area contributed by atoms with Crippen molar-refractivity contribution in [2.45, 2.75) is 31.3 Å². The van der Waals surface area contributed by atoms with Crippen LogP contribution in [0.4, 0.5) is 0 Å². The van der Waals surface area contributed by atoms with E-state index in [2.05, 4.69) is 10.3 Å². The van der Waals surface area contributed by atoms with Crippen LogP contribution in [0.5, 0.6) is 11.5 Å². The van der Waals surface area contributed by atoms with Gasteiger partial charge in [-0.3, -0.25) is 0 Å². The molecule has 1 aromatic rings. The highest BCUT2D eigenvalue weighted by Crippen LogP contribution is 2.33. The lowest BCUT2D eigenvalue weighted by atomic mass is 10.1. The van der Waals surface area contributed by atoms with Gasteiger partial charge in [-0.05, 0) is 17.7 Å². The van der Waals surface area contributed by atoms with Crippen LogP contribution >= 0.6 is 0 Å². The SMILES string of the molecule is COc1ccc(CN=C(N)NCC2COC3(CCOCC3)O2)cc1OC. The van der Waals surface area contributed by atoms with E-state index in [1.165, 1.54) is 0 Å². The van der Waals surface area contributed by atoms with Crippen LogP contribution in [0.1, 0.15) is 18.4 Å². The van der Waals surface area contributed by atoms with Crippen molar-refractivity contribution < 1.29 is 23.7 Å². The number of rotatable bonds is 6. The summed E-state index contributed by atoms with van der Waals surface area (Å²) in [4.78, 5) is 4.36. The first-order valence-electron chi connectivity index (χ1n) is 8.78. The van der Waals surface area contributed by atoms with Crippen LogP contribution in [0.15, 0.2) is 23.2 Å². The van der Waals surface area contributed by atoms with Gasteiger partial charge in [-0.1, -0.05) is 6.07 Å². The highest BCUT2D eigenvalue weighted by atomic mass is 16.7. The van der Waals surface area contributed by atoms with Crippen molar-refractivity contribution in [2.24, 2.45) is 10.7 Å². The largest absolute Gasteiger partial charge is 0.493 e. The molecule has 2 heterocycles. The number of nitrogens with one attached hydrogen (secondary N) is 1. The Labute approximate surface area is 153 Å². The second-order valence-electron chi connectivity index (χ2n) is 6.35. The van der Waals surface area contributed by atoms with Gasteiger partial charge in [0.1, 0.15) is 6.10 Å². The van der Waals surface area contributed by atoms with Gasteiger partial charge in [0.25, 0.3) is 0 Å². The summed E-state index contributed by atoms with van der Waals surface area (Å²) in [6.07, 6.45) is 1.50. The van der Waals surface area contributed by atoms with Crippen LogP contribution in [-0.4, -0.2) is 58.4 Å². The number of hydrogen-bond acceptors (Lipinski definition) is 6. The Morgan fingerprint density at radius 2 is 2.04 bits per heavy atom. The molecule has 0 saturated carbocycles. The molecule has 2 saturated heterocycles. The second-order valence-corrected chi connectivity index (χ2v) is 6.35. The highest BCUT2D eigenvalue weighted by Gasteiger charge is 2.42. The zero-order valence-corrected chi connectivity index (χ0v) is 15.3. The average Bonchev–Trinajstić information content (AvgIpc) is 3.07. The maximum Gasteiger partial charge on any atom is 0.189 e. The van der Waals surface area contributed by atoms with Gasteiger partial charge < -0.3 is 34.7 Å². The van der Waals surface area contributed by atoms with E-state index in [4.69, 9.17) is 29.4 Å². The molecular formula is C18H27N3O5. The maximum atomic E-state index is 6.05. The number of methoxy groups -OCH3 is 2. The summed E-state index contributed by atoms with van der Waals surface area (Å²) < 4.78 is 27.8. The van der Waals surface area contributed by atoms with Crippen molar-refractivity contribution in [3.63, 3.8) is 0 Å². The fourth-order valence-electron chi connectivity index (χ4n) is 3.09. The van der Waals surface area contributed by atoms with E-state index in [1.54, 1.807) is 14.2 Å². The standard InChI is InChI=1S/C18H27N3O5/c1-22-15-4-3-13(9-16(15)23-2)10-20-17(19)21-11-14-12-25-18(26-14)5-7-24-8-6-18/h3-4,9,14H,5-8,10-12H2,1-2H3,(H3,19,20,21). The number of nitrogens with two attached hydrogens (primary N) is 1. The molecule has 26 heavy (non-hydrogen) atoms. The zero-order valence-electron chi connectivity index (χ0n) is 15.3. The van der Waals surface area contributed by atoms with Crippen molar-refractivity contribution in [1.82, 2.24) is 5.32 Å². The monoisotopic (exact) mass is 365 g/mol. The Balaban J connectivity index is 1.47. The number of guanidine groups is 1. The summed E-state index contributed by atoms with van der Waals surface area (Å²) in [6, 6.07) is 5.67. The molecule has 2 aliphatic heterocycles. The van der Waals surface area contributed by atoms with Crippen molar-refractivity contribution in [3.8, 4) is 11.5 Å². The molecule has 144 valence electrons. The summed E-state index contributed by atoms with van der Waals surface area (Å²) in [5.74, 6) is 1.25. The molecule has 3 rings (SSSR count). The van der Waals surface area contributed by atoms with Crippen LogP contribution in [0.3, 0.4) is 0 Å². The van der Waals surface area contributed by atoms with E-state index >= 15 is 0 Å². The van der Waals surface area contributed by atoms with Gasteiger partial charge in [-0.25, -0.2) is 4.99 Å². The molecule has 1 atom stereocenters. The van der Waals surface area contributed by atoms with Gasteiger partial charge in [-0.2, -0.15) is 0 Å². The summed E-state index contributed by atoms with van der Waals surface area (Å²) in [5, 5.41) is 3.10. The van der Waals surface area contributed by atoms with Crippen molar-refractivity contribution >= 4 is 5.96 Å². The lowest BCUT2D eigenvalue weighted by Crippen LogP contribution is -2.41. The molecule has 8 nitrogen and oxygen atoms in total. The zero-order chi connectivity index (χ0) is 18.4. The summed E-state index contributed by atoms with van der Waals surface area (Å²) in [7, 11) is 3.21. The first-order chi connectivity index (χ1) is 12.6. The third-order valence-electron chi connectivity index (χ3n) is 4.56. The maximum absolute atomic E-state index is 6.05. The Morgan fingerprint density at radius 1 is 1.27 bits per heavy atom. The first kappa shape index (κ1) is 18.8. The molecule has 0 amide bonds. The third-order valence-corrected chi connectivity index (χ3v) is 4.56. The van der Waals surface area contributed by atoms with Crippen molar-refractivity contribution in [3.05, 3.63) is 23.8 Å². The van der Waals surface area contributed by atoms with Gasteiger partial charge in [0.05, 0.1) is 40.6 Å². The van der Waals surface area contributed by atoms with Gasteiger partial charge in [0.2, 0.25) is 0 Å². The van der Waals surface area contributed by atoms with Gasteiger partial charge in [0, 0.05) is 19.4 Å². The molecule has 8 heteroatoms. The average molecular weight is 365 g/mol. The quantitative estimate of drug-likeness (QED) is 0.574. The Hall–Kier alpha value is -2.03. The van der Waals surface area contributed by atoms with Gasteiger partial charge in [0.15, 0.2) is 23.2 Å². The molecular weight excluding hydrogens is 338 g/mol. The Morgan fingerprint density at radius 3 is 2.77 bits per heavy atom. The van der Waals surface area contributed by atoms with Crippen LogP contribution in [-0.2, 0) is 20.8 Å². The van der Waals surface area contributed by atoms with Crippen molar-refractivity contribution in [1.29, 1.82) is 0 Å². The molecule has 0 aliphatic carbocycles. The normalized spacial score (nSPS) is 22.4. The smallest absolute Gasteiger partial charge is 0.189 e. The third kappa shape index (κ3) is 4.57. The van der Waals surface area contributed by atoms with E-state index in [-0.39, 0.29) is 6.10 Å². The minimum atomic E-state index is -0.476. The van der Waals surface area contributed by atoms with Gasteiger partial charge >= 0.3 is 0 Å². The van der Waals surface area contributed by atoms with E-state index in [1.807, 2.05) is 18.2 Å². The fourth-order valence-corrected chi connectivity index (χ4v) is 3.09. The van der Waals surface area contributed by atoms with E-state index < -0.39 is 5.79 Å². The molecule has 1 unspecified atom stereocenters. The summed E-state index contributed by atoms with van der Waals surface area (Å²) in [6.45, 7) is 2.91. The summed E-state index contributed by atoms with van der Waals surface area (Å²) >= 11 is 0. The molecule has 0 bridgehead atoms. The van der Waals surface area contributed by atoms with Crippen molar-refractivity contribution in [2.75, 3.05) is 40.6 Å². The second kappa shape index (κ2) is 8.57. The minimum absolute atomic E-state index is 0.0390.